The molecule has 122 heavy (non-hydrogen) atoms. The number of fused-ring (bicyclic) bond motifs is 18. The topological polar surface area (TPSA) is 154 Å². The van der Waals surface area contributed by atoms with Crippen LogP contribution in [-0.4, -0.2) is 85.2 Å². The summed E-state index contributed by atoms with van der Waals surface area (Å²) >= 11 is -9.92. The molecule has 9 aromatic heterocycles. The molecule has 3 atom stereocenters. The SMILES string of the molecule is O=[As]1(c2[c-]c(Oc3[c-]c(-n4c5ccccc5c5cccnc54)ccc3)ccc2)c2ccccc2-c2cccnc21.O=[As]1(c2ccccn2)c2[c-]c(Oc3[c-]c4c(cc3)c3ccccc3n4-c3ccccn3)ccc2-c2ccccc21.[Pd+2].[Pd+2].[Pd+2].[c-]1c(Oc2[c-]c3c(cc2)c2ccccc2n3-c2ccccn2)ccc2c1[As](c1ccccn1)c1ccccc1-2. The quantitative estimate of drug-likeness (QED) is 0.0848. The van der Waals surface area contributed by atoms with E-state index in [1.807, 2.05) is 231 Å². The Kier molecular flexibility index (Phi) is 21.6. The van der Waals surface area contributed by atoms with Gasteiger partial charge in [0.05, 0.1) is 0 Å². The van der Waals surface area contributed by atoms with Gasteiger partial charge in [0.2, 0.25) is 0 Å². The Morgan fingerprint density at radius 3 is 1.39 bits per heavy atom. The second-order valence-electron chi connectivity index (χ2n) is 28.6. The number of hydrogen-bond donors (Lipinski definition) is 0. The number of aromatic nitrogens is 9. The summed E-state index contributed by atoms with van der Waals surface area (Å²) in [5, 5.41) is 6.66. The van der Waals surface area contributed by atoms with Crippen LogP contribution < -0.4 is 53.8 Å². The standard InChI is InChI=1S/2C34H20AsN3O2.C34H20AsN3O.3Pd/c39-35(31-17-3-1-13-27(31)29-15-7-19-36-33(29)35)23-9-5-11-25(21-23)40-26-12-6-10-24(22-26)38-32-18-4-2-14-28(32)30-16-8-20-37-34(30)38;39-35(33-13-5-7-19-36-33)29-11-3-1-9-25(29)26-17-15-23(21-30(26)35)40-24-16-18-28-27-10-2-4-12-31(27)38(32(28)22-24)34-14-6-8-20-37-34;1-3-11-29-25(9-1)26-17-15-23(21-30(26)35(29)33-13-5-7-19-36-33)39-24-16-18-28-27-10-2-4-12-31(27)38(32(28)22-24)34-14-6-8-20-37-34;;;/h2*1-20H;1-20H;;;/q3*-2;3*+2. The van der Waals surface area contributed by atoms with E-state index in [1.54, 1.807) is 24.8 Å². The third kappa shape index (κ3) is 13.6. The van der Waals surface area contributed by atoms with Gasteiger partial charge in [-0.3, -0.25) is 0 Å². The molecule has 0 bridgehead atoms. The van der Waals surface area contributed by atoms with E-state index in [1.165, 1.54) is 19.8 Å². The molecule has 0 fully saturated rings. The molecule has 0 radical (unpaired) electrons. The van der Waals surface area contributed by atoms with Gasteiger partial charge in [-0.05, 0) is 0 Å². The van der Waals surface area contributed by atoms with Crippen LogP contribution in [0.4, 0.5) is 0 Å². The van der Waals surface area contributed by atoms with Crippen molar-refractivity contribution in [3.05, 3.63) is 401 Å². The van der Waals surface area contributed by atoms with Gasteiger partial charge in [-0.25, -0.2) is 0 Å². The van der Waals surface area contributed by atoms with E-state index in [0.717, 1.165) is 118 Å². The van der Waals surface area contributed by atoms with E-state index in [2.05, 4.69) is 184 Å². The van der Waals surface area contributed by atoms with E-state index >= 15 is 0 Å². The Balaban J connectivity index is 0.000000119. The van der Waals surface area contributed by atoms with Crippen LogP contribution in [-0.2, 0) is 68.7 Å². The second-order valence-corrected chi connectivity index (χ2v) is 43.9. The zero-order valence-corrected chi connectivity index (χ0v) is 74.3. The van der Waals surface area contributed by atoms with Crippen LogP contribution in [0.15, 0.2) is 365 Å². The van der Waals surface area contributed by atoms with Gasteiger partial charge in [0.15, 0.2) is 0 Å². The average molecular weight is 2040 g/mol. The van der Waals surface area contributed by atoms with E-state index < -0.39 is 41.6 Å². The van der Waals surface area contributed by atoms with Crippen LogP contribution in [0.25, 0.3) is 116 Å². The van der Waals surface area contributed by atoms with Crippen molar-refractivity contribution in [3.8, 4) is 85.2 Å². The molecule has 588 valence electrons. The maximum absolute atomic E-state index is 14.8. The average Bonchev–Trinajstić information content (AvgIpc) is 1.56. The fourth-order valence-electron chi connectivity index (χ4n) is 16.7. The van der Waals surface area contributed by atoms with Gasteiger partial charge in [-0.15, -0.1) is 0 Å². The summed E-state index contributed by atoms with van der Waals surface area (Å²) in [6.07, 6.45) is 10.7. The third-order valence-corrected chi connectivity index (χ3v) is 39.3. The molecule has 12 heterocycles. The summed E-state index contributed by atoms with van der Waals surface area (Å²) < 4.78 is 63.1. The van der Waals surface area contributed by atoms with Crippen molar-refractivity contribution in [2.45, 2.75) is 0 Å². The van der Waals surface area contributed by atoms with Crippen LogP contribution in [0.5, 0.6) is 34.5 Å². The molecule has 12 aromatic carbocycles. The number of nitrogens with zero attached hydrogens (tertiary/aromatic N) is 9. The number of rotatable bonds is 12. The van der Waals surface area contributed by atoms with E-state index in [-0.39, 0.29) is 61.3 Å². The van der Waals surface area contributed by atoms with Gasteiger partial charge in [0.25, 0.3) is 0 Å². The normalized spacial score (nSPS) is 14.7. The molecule has 21 aromatic rings. The number of pyridine rings is 6. The van der Waals surface area contributed by atoms with Crippen LogP contribution in [0.1, 0.15) is 0 Å². The van der Waals surface area contributed by atoms with Gasteiger partial charge in [0, 0.05) is 0 Å². The van der Waals surface area contributed by atoms with Crippen molar-refractivity contribution in [2.75, 3.05) is 0 Å². The van der Waals surface area contributed by atoms with Gasteiger partial charge < -0.3 is 0 Å². The van der Waals surface area contributed by atoms with Crippen molar-refractivity contribution in [3.63, 3.8) is 0 Å². The van der Waals surface area contributed by atoms with Crippen LogP contribution in [0, 0.1) is 36.4 Å². The summed E-state index contributed by atoms with van der Waals surface area (Å²) in [7, 11) is 0. The Bertz CT molecular complexity index is 7630. The maximum atomic E-state index is 14.8. The molecule has 0 N–H and O–H groups in total. The van der Waals surface area contributed by atoms with Gasteiger partial charge >= 0.3 is 760 Å². The van der Waals surface area contributed by atoms with E-state index in [9.17, 15) is 7.48 Å². The number of ether oxygens (including phenoxy) is 3. The predicted octanol–water partition coefficient (Wildman–Crippen LogP) is 16.1. The Hall–Kier alpha value is -12.4. The van der Waals surface area contributed by atoms with Crippen molar-refractivity contribution in [1.82, 2.24) is 43.6 Å². The zero-order chi connectivity index (χ0) is 79.1. The molecule has 24 rings (SSSR count). The Labute approximate surface area is 752 Å². The minimum absolute atomic E-state index is 0. The van der Waals surface area contributed by atoms with Crippen LogP contribution in [0.2, 0.25) is 0 Å². The first-order valence-corrected chi connectivity index (χ1v) is 48.6. The Morgan fingerprint density at radius 2 is 0.762 bits per heavy atom. The summed E-state index contributed by atoms with van der Waals surface area (Å²) in [5.74, 6) is 5.03. The number of para-hydroxylation sites is 3. The monoisotopic (exact) mass is 2030 g/mol. The molecular weight excluding hydrogens is 1980 g/mol. The second kappa shape index (κ2) is 33.2. The first-order valence-electron chi connectivity index (χ1n) is 38.7. The summed E-state index contributed by atoms with van der Waals surface area (Å²) in [4.78, 5) is 27.8. The molecule has 0 saturated heterocycles. The predicted molar refractivity (Wildman–Crippen MR) is 473 cm³/mol. The summed E-state index contributed by atoms with van der Waals surface area (Å²) in [6.45, 7) is 0. The molecule has 3 aliphatic rings. The van der Waals surface area contributed by atoms with Gasteiger partial charge in [0.1, 0.15) is 0 Å². The van der Waals surface area contributed by atoms with Crippen LogP contribution >= 0.6 is 0 Å². The first-order chi connectivity index (χ1) is 58.8. The molecule has 0 spiro atoms. The molecule has 0 amide bonds. The minimum atomic E-state index is -4.04. The Morgan fingerprint density at radius 1 is 0.295 bits per heavy atom. The molecule has 3 aliphatic heterocycles. The van der Waals surface area contributed by atoms with Gasteiger partial charge in [-0.1, -0.05) is 0 Å². The fraction of sp³-hybridized carbons (Fsp3) is 0. The van der Waals surface area contributed by atoms with Crippen LogP contribution in [0.3, 0.4) is 0 Å². The summed E-state index contributed by atoms with van der Waals surface area (Å²) in [6, 6.07) is 129. The number of hydrogen-bond acceptors (Lipinski definition) is 11. The van der Waals surface area contributed by atoms with E-state index in [0.29, 0.717) is 52.2 Å². The summed E-state index contributed by atoms with van der Waals surface area (Å²) in [5.41, 5.74) is 13.0. The number of benzene rings is 12. The molecule has 0 aliphatic carbocycles. The van der Waals surface area contributed by atoms with Crippen molar-refractivity contribution in [1.29, 1.82) is 0 Å². The van der Waals surface area contributed by atoms with Crippen molar-refractivity contribution < 1.29 is 83.0 Å². The molecule has 14 nitrogen and oxygen atoms in total. The van der Waals surface area contributed by atoms with E-state index in [4.69, 9.17) is 19.2 Å². The molecule has 0 saturated carbocycles. The molecular formula is C102H60As3N9O5Pd3. The fourth-order valence-corrected chi connectivity index (χ4v) is 34.0. The zero-order valence-electron chi connectivity index (χ0n) is 64.0. The molecule has 3 unspecified atom stereocenters. The molecule has 20 heteroatoms. The van der Waals surface area contributed by atoms with Gasteiger partial charge in [-0.2, -0.15) is 0 Å². The first kappa shape index (κ1) is 79.4. The third-order valence-electron chi connectivity index (χ3n) is 21.8. The van der Waals surface area contributed by atoms with Crippen molar-refractivity contribution >= 4 is 147 Å². The van der Waals surface area contributed by atoms with Crippen molar-refractivity contribution in [2.24, 2.45) is 0 Å².